The Labute approximate surface area is 165 Å². The van der Waals surface area contributed by atoms with Crippen LogP contribution in [-0.4, -0.2) is 15.9 Å². The summed E-state index contributed by atoms with van der Waals surface area (Å²) in [6.07, 6.45) is 2.76. The molecule has 1 aromatic carbocycles. The maximum Gasteiger partial charge on any atom is 0.264 e. The number of hydrogen-bond donors (Lipinski definition) is 3. The summed E-state index contributed by atoms with van der Waals surface area (Å²) in [4.78, 5) is 32.5. The molecule has 0 radical (unpaired) electrons. The monoisotopic (exact) mass is 390 g/mol. The van der Waals surface area contributed by atoms with Crippen molar-refractivity contribution in [2.75, 3.05) is 5.73 Å². The van der Waals surface area contributed by atoms with Crippen LogP contribution < -0.4 is 16.6 Å². The lowest BCUT2D eigenvalue weighted by atomic mass is 9.87. The minimum absolute atomic E-state index is 0. The lowest BCUT2D eigenvalue weighted by Gasteiger charge is -2.27. The highest BCUT2D eigenvalue weighted by Crippen LogP contribution is 2.31. The summed E-state index contributed by atoms with van der Waals surface area (Å²) in [5.41, 5.74) is 8.68. The average molecular weight is 391 g/mol. The van der Waals surface area contributed by atoms with Crippen LogP contribution in [0.15, 0.2) is 23.0 Å². The molecule has 2 aromatic rings. The molecule has 1 aromatic heterocycles. The van der Waals surface area contributed by atoms with Crippen molar-refractivity contribution in [3.8, 4) is 0 Å². The van der Waals surface area contributed by atoms with Crippen LogP contribution in [0.4, 0.5) is 5.69 Å². The number of aromatic nitrogens is 2. The van der Waals surface area contributed by atoms with Gasteiger partial charge in [-0.15, -0.1) is 12.4 Å². The summed E-state index contributed by atoms with van der Waals surface area (Å²) in [6, 6.07) is 5.66. The van der Waals surface area contributed by atoms with Gasteiger partial charge in [-0.05, 0) is 49.4 Å². The second kappa shape index (κ2) is 7.72. The molecule has 6 nitrogen and oxygen atoms in total. The van der Waals surface area contributed by atoms with Crippen molar-refractivity contribution in [3.63, 3.8) is 0 Å². The van der Waals surface area contributed by atoms with E-state index in [0.717, 1.165) is 36.1 Å². The fourth-order valence-electron chi connectivity index (χ4n) is 3.42. The topological polar surface area (TPSA) is 101 Å². The number of benzene rings is 1. The van der Waals surface area contributed by atoms with Crippen molar-refractivity contribution >= 4 is 24.0 Å². The number of amides is 1. The number of anilines is 1. The molecule has 0 spiro atoms. The van der Waals surface area contributed by atoms with Crippen molar-refractivity contribution in [3.05, 3.63) is 56.8 Å². The van der Waals surface area contributed by atoms with E-state index in [9.17, 15) is 9.59 Å². The SMILES string of the molecule is Cc1nc(C(C)(C)C)[nH]c(=O)c1C(=O)NC1CCCc2cc(N)ccc21.Cl. The molecular formula is C20H27ClN4O2. The van der Waals surface area contributed by atoms with Gasteiger partial charge in [0.1, 0.15) is 11.4 Å². The third kappa shape index (κ3) is 4.33. The number of nitrogens with two attached hydrogens (primary N) is 1. The molecule has 27 heavy (non-hydrogen) atoms. The standard InChI is InChI=1S/C20H26N4O2.ClH/c1-11-16(18(26)24-19(22-11)20(2,3)4)17(25)23-15-7-5-6-12-10-13(21)8-9-14(12)15;/h8-10,15H,5-7,21H2,1-4H3,(H,23,25)(H,22,24,26);1H. The Morgan fingerprint density at radius 1 is 1.33 bits per heavy atom. The zero-order chi connectivity index (χ0) is 19.1. The van der Waals surface area contributed by atoms with Gasteiger partial charge >= 0.3 is 0 Å². The molecule has 7 heteroatoms. The summed E-state index contributed by atoms with van der Waals surface area (Å²) in [5, 5.41) is 3.01. The number of hydrogen-bond acceptors (Lipinski definition) is 4. The lowest BCUT2D eigenvalue weighted by Crippen LogP contribution is -2.36. The number of nitrogens with zero attached hydrogens (tertiary/aromatic N) is 1. The largest absolute Gasteiger partial charge is 0.399 e. The van der Waals surface area contributed by atoms with E-state index in [1.165, 1.54) is 0 Å². The van der Waals surface area contributed by atoms with Crippen LogP contribution in [0.2, 0.25) is 0 Å². The molecule has 1 aliphatic carbocycles. The van der Waals surface area contributed by atoms with Gasteiger partial charge in [-0.3, -0.25) is 9.59 Å². The molecule has 0 fully saturated rings. The van der Waals surface area contributed by atoms with E-state index in [1.54, 1.807) is 6.92 Å². The lowest BCUT2D eigenvalue weighted by molar-refractivity contribution is 0.0930. The molecule has 1 aliphatic rings. The van der Waals surface area contributed by atoms with E-state index in [-0.39, 0.29) is 35.3 Å². The van der Waals surface area contributed by atoms with Gasteiger partial charge in [0.05, 0.1) is 11.7 Å². The van der Waals surface area contributed by atoms with Gasteiger partial charge in [-0.2, -0.15) is 0 Å². The summed E-state index contributed by atoms with van der Waals surface area (Å²) in [5.74, 6) is 0.196. The molecule has 146 valence electrons. The highest BCUT2D eigenvalue weighted by molar-refractivity contribution is 5.95. The number of halogens is 1. The predicted molar refractivity (Wildman–Crippen MR) is 110 cm³/mol. The van der Waals surface area contributed by atoms with E-state index >= 15 is 0 Å². The minimum Gasteiger partial charge on any atom is -0.399 e. The first-order valence-corrected chi connectivity index (χ1v) is 8.97. The number of aryl methyl sites for hydroxylation is 2. The van der Waals surface area contributed by atoms with Gasteiger partial charge in [0, 0.05) is 11.1 Å². The maximum absolute atomic E-state index is 12.8. The van der Waals surface area contributed by atoms with Crippen LogP contribution in [0.5, 0.6) is 0 Å². The van der Waals surface area contributed by atoms with Gasteiger partial charge in [0.15, 0.2) is 0 Å². The molecule has 1 amide bonds. The minimum atomic E-state index is -0.395. The molecule has 0 aliphatic heterocycles. The van der Waals surface area contributed by atoms with Gasteiger partial charge in [0.2, 0.25) is 0 Å². The van der Waals surface area contributed by atoms with Crippen molar-refractivity contribution < 1.29 is 4.79 Å². The van der Waals surface area contributed by atoms with E-state index < -0.39 is 5.56 Å². The Morgan fingerprint density at radius 2 is 2.04 bits per heavy atom. The van der Waals surface area contributed by atoms with Crippen LogP contribution in [0.3, 0.4) is 0 Å². The van der Waals surface area contributed by atoms with Crippen molar-refractivity contribution in [1.29, 1.82) is 0 Å². The molecule has 1 atom stereocenters. The highest BCUT2D eigenvalue weighted by Gasteiger charge is 2.26. The van der Waals surface area contributed by atoms with Crippen LogP contribution in [0.1, 0.15) is 72.7 Å². The highest BCUT2D eigenvalue weighted by atomic mass is 35.5. The number of carbonyl (C=O) groups excluding carboxylic acids is 1. The third-order valence-electron chi connectivity index (χ3n) is 4.82. The number of carbonyl (C=O) groups is 1. The fourth-order valence-corrected chi connectivity index (χ4v) is 3.42. The zero-order valence-electron chi connectivity index (χ0n) is 16.2. The summed E-state index contributed by atoms with van der Waals surface area (Å²) < 4.78 is 0. The Morgan fingerprint density at radius 3 is 2.67 bits per heavy atom. The molecule has 3 rings (SSSR count). The Balaban J connectivity index is 0.00000261. The van der Waals surface area contributed by atoms with Gasteiger partial charge in [-0.25, -0.2) is 4.98 Å². The number of aromatic amines is 1. The number of nitrogen functional groups attached to an aromatic ring is 1. The van der Waals surface area contributed by atoms with Gasteiger partial charge < -0.3 is 16.0 Å². The molecule has 0 saturated heterocycles. The average Bonchev–Trinajstić information content (AvgIpc) is 2.53. The summed E-state index contributed by atoms with van der Waals surface area (Å²) in [6.45, 7) is 7.61. The summed E-state index contributed by atoms with van der Waals surface area (Å²) in [7, 11) is 0. The number of rotatable bonds is 2. The van der Waals surface area contributed by atoms with E-state index in [0.29, 0.717) is 11.5 Å². The zero-order valence-corrected chi connectivity index (χ0v) is 17.0. The Bertz CT molecular complexity index is 915. The molecule has 0 saturated carbocycles. The van der Waals surface area contributed by atoms with E-state index in [2.05, 4.69) is 15.3 Å². The van der Waals surface area contributed by atoms with Gasteiger partial charge in [-0.1, -0.05) is 26.8 Å². The third-order valence-corrected chi connectivity index (χ3v) is 4.82. The maximum atomic E-state index is 12.8. The fraction of sp³-hybridized carbons (Fsp3) is 0.450. The van der Waals surface area contributed by atoms with Crippen molar-refractivity contribution in [1.82, 2.24) is 15.3 Å². The van der Waals surface area contributed by atoms with Crippen LogP contribution in [-0.2, 0) is 11.8 Å². The number of fused-ring (bicyclic) bond motifs is 1. The summed E-state index contributed by atoms with van der Waals surface area (Å²) >= 11 is 0. The van der Waals surface area contributed by atoms with Gasteiger partial charge in [0.25, 0.3) is 11.5 Å². The molecule has 1 heterocycles. The first-order chi connectivity index (χ1) is 12.2. The van der Waals surface area contributed by atoms with Crippen LogP contribution >= 0.6 is 12.4 Å². The van der Waals surface area contributed by atoms with Crippen molar-refractivity contribution in [2.24, 2.45) is 0 Å². The molecular weight excluding hydrogens is 364 g/mol. The van der Waals surface area contributed by atoms with E-state index in [1.807, 2.05) is 39.0 Å². The Hall–Kier alpha value is -2.34. The quantitative estimate of drug-likeness (QED) is 0.685. The molecule has 4 N–H and O–H groups in total. The first kappa shape index (κ1) is 21.0. The normalized spacial score (nSPS) is 16.2. The predicted octanol–water partition coefficient (Wildman–Crippen LogP) is 3.19. The molecule has 0 bridgehead atoms. The van der Waals surface area contributed by atoms with Crippen LogP contribution in [0.25, 0.3) is 0 Å². The number of H-pyrrole nitrogens is 1. The second-order valence-corrected chi connectivity index (χ2v) is 8.00. The van der Waals surface area contributed by atoms with E-state index in [4.69, 9.17) is 5.73 Å². The second-order valence-electron chi connectivity index (χ2n) is 8.00. The number of nitrogens with one attached hydrogen (secondary N) is 2. The molecule has 1 unspecified atom stereocenters. The smallest absolute Gasteiger partial charge is 0.264 e. The first-order valence-electron chi connectivity index (χ1n) is 8.97. The van der Waals surface area contributed by atoms with Crippen LogP contribution in [0, 0.1) is 6.92 Å². The van der Waals surface area contributed by atoms with Crippen molar-refractivity contribution in [2.45, 2.75) is 58.4 Å². The Kier molecular flexibility index (Phi) is 6.00.